The van der Waals surface area contributed by atoms with E-state index in [1.165, 1.54) is 25.3 Å². The zero-order chi connectivity index (χ0) is 13.8. The van der Waals surface area contributed by atoms with Gasteiger partial charge in [0.1, 0.15) is 10.9 Å². The fourth-order valence-corrected chi connectivity index (χ4v) is 2.93. The largest absolute Gasteiger partial charge is 0.480 e. The summed E-state index contributed by atoms with van der Waals surface area (Å²) in [6, 6.07) is 4.40. The van der Waals surface area contributed by atoms with Crippen LogP contribution in [0, 0.1) is 0 Å². The molecule has 1 unspecified atom stereocenters. The Morgan fingerprint density at radius 1 is 1.50 bits per heavy atom. The summed E-state index contributed by atoms with van der Waals surface area (Å²) in [7, 11) is -2.72. The van der Waals surface area contributed by atoms with E-state index in [4.69, 9.17) is 16.7 Å². The van der Waals surface area contributed by atoms with Gasteiger partial charge in [0.25, 0.3) is 0 Å². The molecule has 6 nitrogen and oxygen atoms in total. The van der Waals surface area contributed by atoms with Gasteiger partial charge in [-0.1, -0.05) is 23.7 Å². The van der Waals surface area contributed by atoms with Crippen molar-refractivity contribution >= 4 is 27.6 Å². The van der Waals surface area contributed by atoms with Crippen LogP contribution in [0.25, 0.3) is 0 Å². The number of methoxy groups -OCH3 is 1. The molecule has 0 heterocycles. The van der Waals surface area contributed by atoms with Crippen molar-refractivity contribution in [3.05, 3.63) is 29.3 Å². The Labute approximate surface area is 110 Å². The number of carboxylic acids is 1. The highest BCUT2D eigenvalue weighted by atomic mass is 35.5. The highest BCUT2D eigenvalue weighted by Crippen LogP contribution is 2.20. The van der Waals surface area contributed by atoms with Crippen molar-refractivity contribution in [1.29, 1.82) is 0 Å². The van der Waals surface area contributed by atoms with E-state index >= 15 is 0 Å². The minimum Gasteiger partial charge on any atom is -0.480 e. The number of sulfonamides is 1. The molecule has 0 saturated heterocycles. The lowest BCUT2D eigenvalue weighted by Gasteiger charge is -2.14. The van der Waals surface area contributed by atoms with Gasteiger partial charge in [0.05, 0.1) is 11.6 Å². The minimum atomic E-state index is -4.00. The summed E-state index contributed by atoms with van der Waals surface area (Å²) in [5.74, 6) is -1.33. The van der Waals surface area contributed by atoms with Crippen LogP contribution in [-0.4, -0.2) is 39.3 Å². The summed E-state index contributed by atoms with van der Waals surface area (Å²) < 4.78 is 30.5. The molecule has 1 aromatic rings. The van der Waals surface area contributed by atoms with E-state index in [1.54, 1.807) is 6.07 Å². The van der Waals surface area contributed by atoms with Crippen molar-refractivity contribution in [2.24, 2.45) is 0 Å². The van der Waals surface area contributed by atoms with Gasteiger partial charge in [0.15, 0.2) is 0 Å². The smallest absolute Gasteiger partial charge is 0.324 e. The molecule has 0 aliphatic carbocycles. The third-order valence-electron chi connectivity index (χ3n) is 2.06. The standard InChI is InChI=1S/C10H12ClNO5S/c1-17-6-8(10(13)14)12-18(15,16)9-5-3-2-4-7(9)11/h2-5,8,12H,6H2,1H3,(H,13,14). The normalized spacial score (nSPS) is 13.2. The molecule has 0 bridgehead atoms. The second kappa shape index (κ2) is 6.14. The number of carboxylic acid groups (broad SMARTS) is 1. The monoisotopic (exact) mass is 293 g/mol. The number of hydrogen-bond donors (Lipinski definition) is 2. The molecule has 1 atom stereocenters. The van der Waals surface area contributed by atoms with Gasteiger partial charge < -0.3 is 9.84 Å². The van der Waals surface area contributed by atoms with E-state index in [0.717, 1.165) is 0 Å². The van der Waals surface area contributed by atoms with Gasteiger partial charge in [-0.05, 0) is 12.1 Å². The molecule has 100 valence electrons. The lowest BCUT2D eigenvalue weighted by molar-refractivity contribution is -0.140. The summed E-state index contributed by atoms with van der Waals surface area (Å²) in [5.41, 5.74) is 0. The van der Waals surface area contributed by atoms with Crippen molar-refractivity contribution in [2.75, 3.05) is 13.7 Å². The van der Waals surface area contributed by atoms with E-state index in [1.807, 2.05) is 4.72 Å². The molecule has 0 amide bonds. The highest BCUT2D eigenvalue weighted by molar-refractivity contribution is 7.89. The van der Waals surface area contributed by atoms with Gasteiger partial charge in [-0.2, -0.15) is 4.72 Å². The van der Waals surface area contributed by atoms with Crippen LogP contribution in [-0.2, 0) is 19.6 Å². The maximum Gasteiger partial charge on any atom is 0.324 e. The molecule has 1 aromatic carbocycles. The van der Waals surface area contributed by atoms with Crippen molar-refractivity contribution in [2.45, 2.75) is 10.9 Å². The Morgan fingerprint density at radius 2 is 2.11 bits per heavy atom. The zero-order valence-electron chi connectivity index (χ0n) is 9.46. The number of benzene rings is 1. The van der Waals surface area contributed by atoms with E-state index in [2.05, 4.69) is 4.74 Å². The summed E-state index contributed by atoms with van der Waals surface area (Å²) in [5, 5.41) is 8.86. The first-order valence-electron chi connectivity index (χ1n) is 4.87. The maximum absolute atomic E-state index is 11.9. The number of halogens is 1. The molecular formula is C10H12ClNO5S. The van der Waals surface area contributed by atoms with Gasteiger partial charge in [-0.15, -0.1) is 0 Å². The first-order chi connectivity index (χ1) is 8.38. The lowest BCUT2D eigenvalue weighted by Crippen LogP contribution is -2.43. The minimum absolute atomic E-state index is 0.0200. The second-order valence-electron chi connectivity index (χ2n) is 3.40. The van der Waals surface area contributed by atoms with Crippen molar-refractivity contribution in [3.8, 4) is 0 Å². The highest BCUT2D eigenvalue weighted by Gasteiger charge is 2.26. The summed E-state index contributed by atoms with van der Waals surface area (Å²) in [6.45, 7) is -0.279. The molecular weight excluding hydrogens is 282 g/mol. The van der Waals surface area contributed by atoms with Crippen LogP contribution in [0.4, 0.5) is 0 Å². The molecule has 2 N–H and O–H groups in total. The quantitative estimate of drug-likeness (QED) is 0.806. The molecule has 0 aromatic heterocycles. The van der Waals surface area contributed by atoms with Crippen LogP contribution in [0.1, 0.15) is 0 Å². The predicted octanol–water partition coefficient (Wildman–Crippen LogP) is 0.718. The number of ether oxygens (including phenoxy) is 1. The molecule has 0 aliphatic rings. The van der Waals surface area contributed by atoms with Gasteiger partial charge in [0.2, 0.25) is 10.0 Å². The first kappa shape index (κ1) is 14.9. The SMILES string of the molecule is COCC(NS(=O)(=O)c1ccccc1Cl)C(=O)O. The van der Waals surface area contributed by atoms with Crippen molar-refractivity contribution in [3.63, 3.8) is 0 Å². The van der Waals surface area contributed by atoms with Gasteiger partial charge in [0, 0.05) is 7.11 Å². The average Bonchev–Trinajstić information content (AvgIpc) is 2.28. The number of nitrogens with one attached hydrogen (secondary N) is 1. The van der Waals surface area contributed by atoms with Crippen molar-refractivity contribution in [1.82, 2.24) is 4.72 Å². The molecule has 0 saturated carbocycles. The van der Waals surface area contributed by atoms with Gasteiger partial charge in [-0.3, -0.25) is 4.79 Å². The molecule has 0 aliphatic heterocycles. The molecule has 1 rings (SSSR count). The predicted molar refractivity (Wildman–Crippen MR) is 65.1 cm³/mol. The Morgan fingerprint density at radius 3 is 2.61 bits per heavy atom. The van der Waals surface area contributed by atoms with Crippen molar-refractivity contribution < 1.29 is 23.1 Å². The van der Waals surface area contributed by atoms with E-state index in [9.17, 15) is 13.2 Å². The van der Waals surface area contributed by atoms with Crippen LogP contribution in [0.2, 0.25) is 5.02 Å². The van der Waals surface area contributed by atoms with Gasteiger partial charge >= 0.3 is 5.97 Å². The summed E-state index contributed by atoms with van der Waals surface area (Å²) >= 11 is 5.75. The topological polar surface area (TPSA) is 92.7 Å². The van der Waals surface area contributed by atoms with E-state index in [0.29, 0.717) is 0 Å². The Kier molecular flexibility index (Phi) is 5.09. The molecule has 18 heavy (non-hydrogen) atoms. The fourth-order valence-electron chi connectivity index (χ4n) is 1.24. The third-order valence-corrected chi connectivity index (χ3v) is 4.03. The molecule has 8 heteroatoms. The van der Waals surface area contributed by atoms with E-state index < -0.39 is 22.0 Å². The maximum atomic E-state index is 11.9. The number of carbonyl (C=O) groups is 1. The first-order valence-corrected chi connectivity index (χ1v) is 6.73. The molecule has 0 spiro atoms. The van der Waals surface area contributed by atoms with Crippen LogP contribution < -0.4 is 4.72 Å². The number of rotatable bonds is 6. The average molecular weight is 294 g/mol. The Bertz CT molecular complexity index is 531. The Hall–Kier alpha value is -1.15. The third kappa shape index (κ3) is 3.67. The van der Waals surface area contributed by atoms with Crippen LogP contribution in [0.15, 0.2) is 29.2 Å². The zero-order valence-corrected chi connectivity index (χ0v) is 11.0. The lowest BCUT2D eigenvalue weighted by atomic mass is 10.3. The van der Waals surface area contributed by atoms with Crippen LogP contribution in [0.5, 0.6) is 0 Å². The number of aliphatic carboxylic acids is 1. The second-order valence-corrected chi connectivity index (χ2v) is 5.49. The van der Waals surface area contributed by atoms with E-state index in [-0.39, 0.29) is 16.5 Å². The Balaban J connectivity index is 3.01. The van der Waals surface area contributed by atoms with Gasteiger partial charge in [-0.25, -0.2) is 8.42 Å². The summed E-state index contributed by atoms with van der Waals surface area (Å²) in [6.07, 6.45) is 0. The summed E-state index contributed by atoms with van der Waals surface area (Å²) in [4.78, 5) is 10.7. The fraction of sp³-hybridized carbons (Fsp3) is 0.300. The number of hydrogen-bond acceptors (Lipinski definition) is 4. The molecule has 0 radical (unpaired) electrons. The molecule has 0 fully saturated rings. The van der Waals surface area contributed by atoms with Crippen LogP contribution in [0.3, 0.4) is 0 Å². The van der Waals surface area contributed by atoms with Crippen LogP contribution >= 0.6 is 11.6 Å².